The number of likely N-dealkylation sites (N-methyl/N-ethyl adjacent to an activating group) is 1. The van der Waals surface area contributed by atoms with Gasteiger partial charge in [0.1, 0.15) is 0 Å². The summed E-state index contributed by atoms with van der Waals surface area (Å²) in [6.45, 7) is 3.94. The molecule has 2 rings (SSSR count). The number of nitrogens with zero attached hydrogens (tertiary/aromatic N) is 1. The average Bonchev–Trinajstić information content (AvgIpc) is 2.85. The third kappa shape index (κ3) is 3.10. The van der Waals surface area contributed by atoms with Crippen LogP contribution >= 0.6 is 0 Å². The quantitative estimate of drug-likeness (QED) is 0.858. The maximum Gasteiger partial charge on any atom is 0.236 e. The van der Waals surface area contributed by atoms with E-state index >= 15 is 0 Å². The van der Waals surface area contributed by atoms with Crippen molar-refractivity contribution in [2.75, 3.05) is 20.1 Å². The largest absolute Gasteiger partial charge is 0.345 e. The Labute approximate surface area is 109 Å². The molecule has 1 aliphatic rings. The maximum absolute atomic E-state index is 11.6. The molecule has 1 aromatic rings. The van der Waals surface area contributed by atoms with E-state index in [0.717, 1.165) is 13.1 Å². The number of hydrogen-bond donors (Lipinski definition) is 1. The van der Waals surface area contributed by atoms with Crippen LogP contribution in [0.1, 0.15) is 30.0 Å². The van der Waals surface area contributed by atoms with Crippen LogP contribution in [-0.2, 0) is 24.2 Å². The van der Waals surface area contributed by atoms with Gasteiger partial charge in [0, 0.05) is 20.1 Å². The van der Waals surface area contributed by atoms with Gasteiger partial charge in [-0.3, -0.25) is 4.79 Å². The molecule has 0 saturated carbocycles. The Morgan fingerprint density at radius 2 is 2.11 bits per heavy atom. The lowest BCUT2D eigenvalue weighted by Gasteiger charge is -2.14. The predicted octanol–water partition coefficient (Wildman–Crippen LogP) is 1.74. The molecular formula is C15H22N2O. The van der Waals surface area contributed by atoms with E-state index in [4.69, 9.17) is 0 Å². The summed E-state index contributed by atoms with van der Waals surface area (Å²) in [7, 11) is 1.83. The van der Waals surface area contributed by atoms with Crippen molar-refractivity contribution in [2.45, 2.75) is 32.7 Å². The number of benzene rings is 1. The maximum atomic E-state index is 11.6. The zero-order valence-electron chi connectivity index (χ0n) is 11.3. The Morgan fingerprint density at radius 3 is 2.89 bits per heavy atom. The lowest BCUT2D eigenvalue weighted by atomic mass is 10.1. The van der Waals surface area contributed by atoms with Crippen LogP contribution in [0, 0.1) is 0 Å². The van der Waals surface area contributed by atoms with Crippen molar-refractivity contribution in [3.8, 4) is 0 Å². The molecule has 1 amide bonds. The van der Waals surface area contributed by atoms with Crippen molar-refractivity contribution in [1.29, 1.82) is 0 Å². The molecule has 3 heteroatoms. The van der Waals surface area contributed by atoms with Gasteiger partial charge in [0.15, 0.2) is 0 Å². The third-order valence-corrected chi connectivity index (χ3v) is 3.67. The Bertz CT molecular complexity index is 429. The van der Waals surface area contributed by atoms with Crippen molar-refractivity contribution in [2.24, 2.45) is 0 Å². The zero-order valence-corrected chi connectivity index (χ0v) is 11.3. The molecule has 0 fully saturated rings. The van der Waals surface area contributed by atoms with Crippen LogP contribution in [-0.4, -0.2) is 30.9 Å². The van der Waals surface area contributed by atoms with Gasteiger partial charge < -0.3 is 10.2 Å². The number of carbonyl (C=O) groups is 1. The van der Waals surface area contributed by atoms with Gasteiger partial charge >= 0.3 is 0 Å². The Kier molecular flexibility index (Phi) is 4.37. The molecule has 0 bridgehead atoms. The minimum Gasteiger partial charge on any atom is -0.345 e. The molecule has 0 aromatic heterocycles. The number of hydrogen-bond acceptors (Lipinski definition) is 2. The summed E-state index contributed by atoms with van der Waals surface area (Å²) in [5, 5.41) is 3.22. The Balaban J connectivity index is 1.82. The topological polar surface area (TPSA) is 32.3 Å². The lowest BCUT2D eigenvalue weighted by Crippen LogP contribution is -2.35. The minimum atomic E-state index is 0.152. The van der Waals surface area contributed by atoms with Gasteiger partial charge in [-0.1, -0.05) is 18.2 Å². The number of nitrogens with one attached hydrogen (secondary N) is 1. The standard InChI is InChI=1S/C15H22N2O/c1-3-17(2)15(18)11-16-10-12-7-8-13-5-4-6-14(13)9-12/h7-9,16H,3-6,10-11H2,1-2H3. The van der Waals surface area contributed by atoms with Gasteiger partial charge in [0.25, 0.3) is 0 Å². The Morgan fingerprint density at radius 1 is 1.33 bits per heavy atom. The summed E-state index contributed by atoms with van der Waals surface area (Å²) in [6.07, 6.45) is 3.72. The molecule has 3 nitrogen and oxygen atoms in total. The SMILES string of the molecule is CCN(C)C(=O)CNCc1ccc2c(c1)CCC2. The smallest absolute Gasteiger partial charge is 0.236 e. The molecule has 0 heterocycles. The van der Waals surface area contributed by atoms with Crippen LogP contribution < -0.4 is 5.32 Å². The highest BCUT2D eigenvalue weighted by atomic mass is 16.2. The number of amides is 1. The molecule has 98 valence electrons. The van der Waals surface area contributed by atoms with Crippen LogP contribution in [0.2, 0.25) is 0 Å². The van der Waals surface area contributed by atoms with E-state index in [1.165, 1.54) is 36.0 Å². The van der Waals surface area contributed by atoms with Crippen LogP contribution in [0.4, 0.5) is 0 Å². The average molecular weight is 246 g/mol. The van der Waals surface area contributed by atoms with Crippen LogP contribution in [0.5, 0.6) is 0 Å². The van der Waals surface area contributed by atoms with Gasteiger partial charge in [0.05, 0.1) is 6.54 Å². The first-order chi connectivity index (χ1) is 8.70. The number of rotatable bonds is 5. The fourth-order valence-corrected chi connectivity index (χ4v) is 2.36. The third-order valence-electron chi connectivity index (χ3n) is 3.67. The highest BCUT2D eigenvalue weighted by Crippen LogP contribution is 2.22. The molecule has 1 N–H and O–H groups in total. The van der Waals surface area contributed by atoms with Crippen molar-refractivity contribution < 1.29 is 4.79 Å². The van der Waals surface area contributed by atoms with Crippen molar-refractivity contribution in [3.63, 3.8) is 0 Å². The van der Waals surface area contributed by atoms with Gasteiger partial charge in [-0.25, -0.2) is 0 Å². The van der Waals surface area contributed by atoms with Crippen LogP contribution in [0.15, 0.2) is 18.2 Å². The van der Waals surface area contributed by atoms with Crippen LogP contribution in [0.25, 0.3) is 0 Å². The zero-order chi connectivity index (χ0) is 13.0. The molecule has 18 heavy (non-hydrogen) atoms. The van der Waals surface area contributed by atoms with Gasteiger partial charge in [-0.05, 0) is 42.9 Å². The minimum absolute atomic E-state index is 0.152. The summed E-state index contributed by atoms with van der Waals surface area (Å²) in [5.41, 5.74) is 4.27. The van der Waals surface area contributed by atoms with Gasteiger partial charge in [0.2, 0.25) is 5.91 Å². The summed E-state index contributed by atoms with van der Waals surface area (Å²) < 4.78 is 0. The van der Waals surface area contributed by atoms with E-state index in [0.29, 0.717) is 6.54 Å². The molecule has 0 atom stereocenters. The second-order valence-electron chi connectivity index (χ2n) is 4.97. The van der Waals surface area contributed by atoms with E-state index in [9.17, 15) is 4.79 Å². The molecule has 0 spiro atoms. The lowest BCUT2D eigenvalue weighted by molar-refractivity contribution is -0.128. The molecule has 0 saturated heterocycles. The monoisotopic (exact) mass is 246 g/mol. The van der Waals surface area contributed by atoms with Gasteiger partial charge in [-0.15, -0.1) is 0 Å². The molecule has 0 radical (unpaired) electrons. The fraction of sp³-hybridized carbons (Fsp3) is 0.533. The first-order valence-electron chi connectivity index (χ1n) is 6.76. The van der Waals surface area contributed by atoms with E-state index in [1.54, 1.807) is 4.90 Å². The second-order valence-corrected chi connectivity index (χ2v) is 4.97. The molecule has 0 unspecified atom stereocenters. The van der Waals surface area contributed by atoms with E-state index in [1.807, 2.05) is 14.0 Å². The second kappa shape index (κ2) is 6.01. The van der Waals surface area contributed by atoms with E-state index < -0.39 is 0 Å². The first kappa shape index (κ1) is 13.1. The van der Waals surface area contributed by atoms with E-state index in [2.05, 4.69) is 23.5 Å². The van der Waals surface area contributed by atoms with Crippen molar-refractivity contribution in [1.82, 2.24) is 10.2 Å². The first-order valence-corrected chi connectivity index (χ1v) is 6.76. The molecule has 0 aliphatic heterocycles. The number of fused-ring (bicyclic) bond motifs is 1. The molecule has 1 aromatic carbocycles. The fourth-order valence-electron chi connectivity index (χ4n) is 2.36. The van der Waals surface area contributed by atoms with Crippen molar-refractivity contribution >= 4 is 5.91 Å². The normalized spacial score (nSPS) is 13.4. The summed E-state index contributed by atoms with van der Waals surface area (Å²) >= 11 is 0. The molecular weight excluding hydrogens is 224 g/mol. The highest BCUT2D eigenvalue weighted by Gasteiger charge is 2.11. The van der Waals surface area contributed by atoms with Gasteiger partial charge in [-0.2, -0.15) is 0 Å². The van der Waals surface area contributed by atoms with E-state index in [-0.39, 0.29) is 5.91 Å². The molecule has 1 aliphatic carbocycles. The predicted molar refractivity (Wildman–Crippen MR) is 73.5 cm³/mol. The number of carbonyl (C=O) groups excluding carboxylic acids is 1. The summed E-state index contributed by atoms with van der Waals surface area (Å²) in [6, 6.07) is 6.69. The number of aryl methyl sites for hydroxylation is 2. The highest BCUT2D eigenvalue weighted by molar-refractivity contribution is 5.77. The van der Waals surface area contributed by atoms with Crippen molar-refractivity contribution in [3.05, 3.63) is 34.9 Å². The van der Waals surface area contributed by atoms with Crippen LogP contribution in [0.3, 0.4) is 0 Å². The summed E-state index contributed by atoms with van der Waals surface area (Å²) in [4.78, 5) is 13.3. The Hall–Kier alpha value is -1.35. The summed E-state index contributed by atoms with van der Waals surface area (Å²) in [5.74, 6) is 0.152.